The lowest BCUT2D eigenvalue weighted by molar-refractivity contribution is -0.122. The molecule has 0 radical (unpaired) electrons. The summed E-state index contributed by atoms with van der Waals surface area (Å²) in [4.78, 5) is 26.5. The molecule has 5 nitrogen and oxygen atoms in total. The summed E-state index contributed by atoms with van der Waals surface area (Å²) in [6, 6.07) is 14.4. The van der Waals surface area contributed by atoms with Gasteiger partial charge in [0, 0.05) is 19.9 Å². The van der Waals surface area contributed by atoms with E-state index in [4.69, 9.17) is 21.1 Å². The molecule has 0 aliphatic heterocycles. The van der Waals surface area contributed by atoms with Gasteiger partial charge in [0.25, 0.3) is 5.91 Å². The Morgan fingerprint density at radius 2 is 1.90 bits per heavy atom. The number of halogens is 2. The van der Waals surface area contributed by atoms with Crippen LogP contribution < -0.4 is 10.1 Å². The number of nitrogens with one attached hydrogen (secondary N) is 1. The van der Waals surface area contributed by atoms with Gasteiger partial charge >= 0.3 is 5.97 Å². The van der Waals surface area contributed by atoms with Crippen LogP contribution in [0.3, 0.4) is 0 Å². The molecule has 1 atom stereocenters. The number of amides is 1. The molecule has 1 aromatic heterocycles. The molecule has 0 bridgehead atoms. The van der Waals surface area contributed by atoms with Crippen molar-refractivity contribution in [2.75, 3.05) is 11.9 Å². The van der Waals surface area contributed by atoms with Crippen molar-refractivity contribution >= 4 is 55.7 Å². The Balaban J connectivity index is 1.91. The summed E-state index contributed by atoms with van der Waals surface area (Å²) in [5.74, 6) is -0.297. The Morgan fingerprint density at radius 3 is 2.55 bits per heavy atom. The van der Waals surface area contributed by atoms with Gasteiger partial charge in [-0.05, 0) is 56.7 Å². The Kier molecular flexibility index (Phi) is 7.75. The first-order valence-electron chi connectivity index (χ1n) is 9.59. The van der Waals surface area contributed by atoms with E-state index in [1.165, 1.54) is 11.3 Å². The molecule has 0 saturated carbocycles. The zero-order chi connectivity index (χ0) is 22.5. The fourth-order valence-electron chi connectivity index (χ4n) is 3.01. The number of carbonyl (C=O) groups excluding carboxylic acids is 2. The van der Waals surface area contributed by atoms with Crippen LogP contribution in [0.1, 0.15) is 29.1 Å². The minimum absolute atomic E-state index is 0.226. The Hall–Kier alpha value is -2.35. The quantitative estimate of drug-likeness (QED) is 0.350. The largest absolute Gasteiger partial charge is 0.481 e. The SMILES string of the molecule is CCOC(=O)c1c(NC(=O)C(C)Oc2cccc(Br)c2)sc(C)c1-c1ccc(Cl)cc1. The van der Waals surface area contributed by atoms with Crippen molar-refractivity contribution in [3.8, 4) is 16.9 Å². The number of rotatable bonds is 7. The summed E-state index contributed by atoms with van der Waals surface area (Å²) >= 11 is 10.7. The molecule has 0 aliphatic rings. The fraction of sp³-hybridized carbons (Fsp3) is 0.217. The molecule has 3 aromatic rings. The van der Waals surface area contributed by atoms with Gasteiger partial charge in [-0.25, -0.2) is 4.79 Å². The molecule has 8 heteroatoms. The number of benzene rings is 2. The van der Waals surface area contributed by atoms with Crippen LogP contribution in [0.2, 0.25) is 5.02 Å². The van der Waals surface area contributed by atoms with Gasteiger partial charge < -0.3 is 14.8 Å². The number of ether oxygens (including phenoxy) is 2. The third kappa shape index (κ3) is 5.67. The van der Waals surface area contributed by atoms with Crippen LogP contribution in [0.4, 0.5) is 5.00 Å². The molecule has 1 unspecified atom stereocenters. The van der Waals surface area contributed by atoms with Crippen molar-refractivity contribution < 1.29 is 19.1 Å². The highest BCUT2D eigenvalue weighted by Gasteiger charge is 2.27. The van der Waals surface area contributed by atoms with Crippen LogP contribution in [-0.2, 0) is 9.53 Å². The second-order valence-corrected chi connectivity index (χ2v) is 9.25. The third-order valence-corrected chi connectivity index (χ3v) is 6.18. The number of anilines is 1. The van der Waals surface area contributed by atoms with Gasteiger partial charge in [0.1, 0.15) is 16.3 Å². The summed E-state index contributed by atoms with van der Waals surface area (Å²) < 4.78 is 11.9. The predicted octanol–water partition coefficient (Wildman–Crippen LogP) is 6.72. The van der Waals surface area contributed by atoms with Crippen molar-refractivity contribution in [2.24, 2.45) is 0 Å². The van der Waals surface area contributed by atoms with Crippen LogP contribution in [0.15, 0.2) is 53.0 Å². The molecule has 2 aromatic carbocycles. The van der Waals surface area contributed by atoms with Crippen molar-refractivity contribution in [3.63, 3.8) is 0 Å². The lowest BCUT2D eigenvalue weighted by Crippen LogP contribution is -2.30. The van der Waals surface area contributed by atoms with Gasteiger partial charge in [-0.1, -0.05) is 45.7 Å². The average Bonchev–Trinajstić information content (AvgIpc) is 3.04. The van der Waals surface area contributed by atoms with Crippen molar-refractivity contribution in [1.82, 2.24) is 0 Å². The summed E-state index contributed by atoms with van der Waals surface area (Å²) in [6.45, 7) is 5.52. The number of hydrogen-bond acceptors (Lipinski definition) is 5. The average molecular weight is 523 g/mol. The molecule has 3 rings (SSSR count). The third-order valence-electron chi connectivity index (χ3n) is 4.41. The molecule has 1 heterocycles. The first-order chi connectivity index (χ1) is 14.8. The lowest BCUT2D eigenvalue weighted by atomic mass is 10.0. The maximum Gasteiger partial charge on any atom is 0.341 e. The molecule has 31 heavy (non-hydrogen) atoms. The first kappa shape index (κ1) is 23.3. The maximum absolute atomic E-state index is 12.8. The van der Waals surface area contributed by atoms with E-state index >= 15 is 0 Å². The van der Waals surface area contributed by atoms with Crippen LogP contribution in [-0.4, -0.2) is 24.6 Å². The molecule has 0 fully saturated rings. The Labute approximate surface area is 198 Å². The van der Waals surface area contributed by atoms with Crippen molar-refractivity contribution in [3.05, 3.63) is 68.5 Å². The van der Waals surface area contributed by atoms with E-state index in [1.807, 2.05) is 31.2 Å². The molecule has 0 aliphatic carbocycles. The summed E-state index contributed by atoms with van der Waals surface area (Å²) in [6.07, 6.45) is -0.772. The van der Waals surface area contributed by atoms with Crippen LogP contribution in [0.5, 0.6) is 5.75 Å². The highest BCUT2D eigenvalue weighted by molar-refractivity contribution is 9.10. The van der Waals surface area contributed by atoms with E-state index < -0.39 is 12.1 Å². The number of esters is 1. The van der Waals surface area contributed by atoms with E-state index in [0.717, 1.165) is 20.5 Å². The first-order valence-corrected chi connectivity index (χ1v) is 11.6. The van der Waals surface area contributed by atoms with Crippen LogP contribution >= 0.6 is 38.9 Å². The van der Waals surface area contributed by atoms with E-state index in [0.29, 0.717) is 21.3 Å². The summed E-state index contributed by atoms with van der Waals surface area (Å²) in [5.41, 5.74) is 1.87. The standard InChI is InChI=1S/C23H21BrClNO4S/c1-4-29-23(28)20-19(15-8-10-17(25)11-9-15)14(3)31-22(20)26-21(27)13(2)30-18-7-5-6-16(24)12-18/h5-13H,4H2,1-3H3,(H,26,27). The van der Waals surface area contributed by atoms with Gasteiger partial charge in [-0.15, -0.1) is 11.3 Å². The predicted molar refractivity (Wildman–Crippen MR) is 128 cm³/mol. The molecule has 0 saturated heterocycles. The van der Waals surface area contributed by atoms with Gasteiger partial charge in [-0.2, -0.15) is 0 Å². The second-order valence-electron chi connectivity index (χ2n) is 6.67. The monoisotopic (exact) mass is 521 g/mol. The molecular formula is C23H21BrClNO4S. The minimum atomic E-state index is -0.772. The second kappa shape index (κ2) is 10.3. The van der Waals surface area contributed by atoms with Crippen molar-refractivity contribution in [2.45, 2.75) is 26.9 Å². The number of hydrogen-bond donors (Lipinski definition) is 1. The van der Waals surface area contributed by atoms with Gasteiger partial charge in [0.15, 0.2) is 6.10 Å². The van der Waals surface area contributed by atoms with E-state index in [9.17, 15) is 9.59 Å². The zero-order valence-corrected chi connectivity index (χ0v) is 20.4. The smallest absolute Gasteiger partial charge is 0.341 e. The topological polar surface area (TPSA) is 64.6 Å². The van der Waals surface area contributed by atoms with Crippen molar-refractivity contribution in [1.29, 1.82) is 0 Å². The summed E-state index contributed by atoms with van der Waals surface area (Å²) in [7, 11) is 0. The van der Waals surface area contributed by atoms with Gasteiger partial charge in [-0.3, -0.25) is 4.79 Å². The number of thiophene rings is 1. The Bertz CT molecular complexity index is 1100. The lowest BCUT2D eigenvalue weighted by Gasteiger charge is -2.15. The van der Waals surface area contributed by atoms with E-state index in [1.54, 1.807) is 38.1 Å². The number of aryl methyl sites for hydroxylation is 1. The van der Waals surface area contributed by atoms with E-state index in [2.05, 4.69) is 21.2 Å². The molecule has 162 valence electrons. The Morgan fingerprint density at radius 1 is 1.19 bits per heavy atom. The fourth-order valence-corrected chi connectivity index (χ4v) is 4.58. The van der Waals surface area contributed by atoms with Gasteiger partial charge in [0.2, 0.25) is 0 Å². The van der Waals surface area contributed by atoms with Crippen LogP contribution in [0.25, 0.3) is 11.1 Å². The number of carbonyl (C=O) groups is 2. The highest BCUT2D eigenvalue weighted by atomic mass is 79.9. The zero-order valence-electron chi connectivity index (χ0n) is 17.2. The molecule has 0 spiro atoms. The highest BCUT2D eigenvalue weighted by Crippen LogP contribution is 2.40. The van der Waals surface area contributed by atoms with Crippen LogP contribution in [0, 0.1) is 6.92 Å². The molecular weight excluding hydrogens is 502 g/mol. The normalized spacial score (nSPS) is 11.6. The summed E-state index contributed by atoms with van der Waals surface area (Å²) in [5, 5.41) is 3.87. The molecule has 1 N–H and O–H groups in total. The maximum atomic E-state index is 12.8. The van der Waals surface area contributed by atoms with E-state index in [-0.39, 0.29) is 12.5 Å². The van der Waals surface area contributed by atoms with Gasteiger partial charge in [0.05, 0.1) is 6.61 Å². The minimum Gasteiger partial charge on any atom is -0.481 e. The molecule has 1 amide bonds.